The number of hydrogen-bond acceptors (Lipinski definition) is 4. The van der Waals surface area contributed by atoms with E-state index in [0.29, 0.717) is 18.7 Å². The minimum absolute atomic E-state index is 0.216. The molecule has 0 aliphatic carbocycles. The van der Waals surface area contributed by atoms with Gasteiger partial charge in [-0.1, -0.05) is 11.8 Å². The number of hydrogen-bond donors (Lipinski definition) is 2. The van der Waals surface area contributed by atoms with Gasteiger partial charge in [0.05, 0.1) is 11.5 Å². The summed E-state index contributed by atoms with van der Waals surface area (Å²) in [6, 6.07) is 6.28. The predicted molar refractivity (Wildman–Crippen MR) is 79.1 cm³/mol. The number of sulfonamides is 1. The van der Waals surface area contributed by atoms with E-state index in [4.69, 9.17) is 9.84 Å². The molecule has 1 aromatic carbocycles. The summed E-state index contributed by atoms with van der Waals surface area (Å²) in [4.78, 5) is 0.216. The zero-order chi connectivity index (χ0) is 15.1. The van der Waals surface area contributed by atoms with E-state index in [1.165, 1.54) is 12.1 Å². The van der Waals surface area contributed by atoms with Crippen molar-refractivity contribution in [3.05, 3.63) is 29.8 Å². The summed E-state index contributed by atoms with van der Waals surface area (Å²) in [5.74, 6) is 5.48. The summed E-state index contributed by atoms with van der Waals surface area (Å²) in [6.45, 7) is 1.55. The van der Waals surface area contributed by atoms with Crippen LogP contribution in [-0.4, -0.2) is 39.9 Å². The van der Waals surface area contributed by atoms with Crippen molar-refractivity contribution in [1.82, 2.24) is 4.72 Å². The van der Waals surface area contributed by atoms with E-state index in [-0.39, 0.29) is 17.4 Å². The molecule has 0 bridgehead atoms. The Morgan fingerprint density at radius 2 is 2.10 bits per heavy atom. The molecule has 2 rings (SSSR count). The van der Waals surface area contributed by atoms with E-state index < -0.39 is 10.0 Å². The van der Waals surface area contributed by atoms with Crippen LogP contribution in [0.3, 0.4) is 0 Å². The van der Waals surface area contributed by atoms with Crippen molar-refractivity contribution in [2.45, 2.75) is 17.7 Å². The maximum atomic E-state index is 12.2. The lowest BCUT2D eigenvalue weighted by Crippen LogP contribution is -2.33. The Morgan fingerprint density at radius 3 is 2.71 bits per heavy atom. The van der Waals surface area contributed by atoms with Gasteiger partial charge in [-0.05, 0) is 43.0 Å². The summed E-state index contributed by atoms with van der Waals surface area (Å²) >= 11 is 0. The van der Waals surface area contributed by atoms with E-state index in [9.17, 15) is 8.42 Å². The van der Waals surface area contributed by atoms with E-state index in [2.05, 4.69) is 16.6 Å². The van der Waals surface area contributed by atoms with Crippen molar-refractivity contribution in [3.63, 3.8) is 0 Å². The fraction of sp³-hybridized carbons (Fsp3) is 0.467. The molecule has 0 saturated carbocycles. The van der Waals surface area contributed by atoms with Gasteiger partial charge < -0.3 is 9.84 Å². The van der Waals surface area contributed by atoms with Gasteiger partial charge in [0.25, 0.3) is 0 Å². The number of aliphatic hydroxyl groups is 1. The SMILES string of the molecule is O=S(=O)(NCC1CCCOC1)c1ccc(C#CCO)cc1. The lowest BCUT2D eigenvalue weighted by atomic mass is 10.0. The minimum Gasteiger partial charge on any atom is -0.384 e. The summed E-state index contributed by atoms with van der Waals surface area (Å²) in [7, 11) is -3.50. The topological polar surface area (TPSA) is 75.6 Å². The second-order valence-corrected chi connectivity index (χ2v) is 6.69. The molecule has 21 heavy (non-hydrogen) atoms. The molecular formula is C15H19NO4S. The highest BCUT2D eigenvalue weighted by molar-refractivity contribution is 7.89. The van der Waals surface area contributed by atoms with Crippen LogP contribution in [-0.2, 0) is 14.8 Å². The Morgan fingerprint density at radius 1 is 1.33 bits per heavy atom. The Hall–Kier alpha value is -1.39. The highest BCUT2D eigenvalue weighted by Gasteiger charge is 2.18. The summed E-state index contributed by atoms with van der Waals surface area (Å²) in [5.41, 5.74) is 0.670. The number of rotatable bonds is 4. The Labute approximate surface area is 125 Å². The van der Waals surface area contributed by atoms with Crippen molar-refractivity contribution in [2.75, 3.05) is 26.4 Å². The molecule has 0 amide bonds. The molecule has 1 aromatic rings. The fourth-order valence-corrected chi connectivity index (χ4v) is 3.25. The normalized spacial score (nSPS) is 18.8. The van der Waals surface area contributed by atoms with Crippen LogP contribution < -0.4 is 4.72 Å². The third-order valence-corrected chi connectivity index (χ3v) is 4.73. The largest absolute Gasteiger partial charge is 0.384 e. The molecule has 0 radical (unpaired) electrons. The summed E-state index contributed by atoms with van der Waals surface area (Å²) < 4.78 is 32.3. The van der Waals surface area contributed by atoms with Gasteiger partial charge in [-0.2, -0.15) is 0 Å². The van der Waals surface area contributed by atoms with Gasteiger partial charge in [-0.3, -0.25) is 0 Å². The zero-order valence-corrected chi connectivity index (χ0v) is 12.5. The number of aliphatic hydroxyl groups excluding tert-OH is 1. The molecule has 6 heteroatoms. The number of nitrogens with one attached hydrogen (secondary N) is 1. The van der Waals surface area contributed by atoms with Gasteiger partial charge in [-0.25, -0.2) is 13.1 Å². The Balaban J connectivity index is 1.98. The summed E-state index contributed by atoms with van der Waals surface area (Å²) in [6.07, 6.45) is 1.96. The lowest BCUT2D eigenvalue weighted by Gasteiger charge is -2.22. The molecule has 5 nitrogen and oxygen atoms in total. The first-order valence-electron chi connectivity index (χ1n) is 6.89. The first-order chi connectivity index (χ1) is 10.1. The van der Waals surface area contributed by atoms with Crippen molar-refractivity contribution in [2.24, 2.45) is 5.92 Å². The van der Waals surface area contributed by atoms with Crippen LogP contribution in [0.1, 0.15) is 18.4 Å². The van der Waals surface area contributed by atoms with Gasteiger partial charge >= 0.3 is 0 Å². The van der Waals surface area contributed by atoms with Crippen molar-refractivity contribution in [3.8, 4) is 11.8 Å². The summed E-state index contributed by atoms with van der Waals surface area (Å²) in [5, 5.41) is 8.62. The molecule has 0 aromatic heterocycles. The second-order valence-electron chi connectivity index (χ2n) is 4.92. The smallest absolute Gasteiger partial charge is 0.240 e. The monoisotopic (exact) mass is 309 g/mol. The lowest BCUT2D eigenvalue weighted by molar-refractivity contribution is 0.0568. The zero-order valence-electron chi connectivity index (χ0n) is 11.7. The minimum atomic E-state index is -3.50. The quantitative estimate of drug-likeness (QED) is 0.804. The van der Waals surface area contributed by atoms with Crippen LogP contribution in [0.25, 0.3) is 0 Å². The standard InChI is InChI=1S/C15H19NO4S/c17-9-1-3-13-5-7-15(8-6-13)21(18,19)16-11-14-4-2-10-20-12-14/h5-8,14,16-17H,2,4,9-12H2. The average Bonchev–Trinajstić information content (AvgIpc) is 2.52. The average molecular weight is 309 g/mol. The Bertz CT molecular complexity index is 607. The fourth-order valence-electron chi connectivity index (χ4n) is 2.14. The van der Waals surface area contributed by atoms with E-state index in [0.717, 1.165) is 19.4 Å². The first kappa shape index (κ1) is 16.0. The van der Waals surface area contributed by atoms with E-state index >= 15 is 0 Å². The predicted octanol–water partition coefficient (Wildman–Crippen LogP) is 0.735. The third-order valence-electron chi connectivity index (χ3n) is 3.29. The van der Waals surface area contributed by atoms with Gasteiger partial charge in [0.15, 0.2) is 0 Å². The molecule has 114 valence electrons. The van der Waals surface area contributed by atoms with E-state index in [1.54, 1.807) is 12.1 Å². The number of benzene rings is 1. The van der Waals surface area contributed by atoms with Crippen molar-refractivity contribution < 1.29 is 18.3 Å². The molecule has 1 atom stereocenters. The Kier molecular flexibility index (Phi) is 5.76. The van der Waals surface area contributed by atoms with Crippen LogP contribution in [0.4, 0.5) is 0 Å². The molecule has 2 N–H and O–H groups in total. The van der Waals surface area contributed by atoms with E-state index in [1.807, 2.05) is 0 Å². The third kappa shape index (κ3) is 4.83. The van der Waals surface area contributed by atoms with Gasteiger partial charge in [0.2, 0.25) is 10.0 Å². The molecule has 1 aliphatic rings. The van der Waals surface area contributed by atoms with Gasteiger partial charge in [-0.15, -0.1) is 0 Å². The molecule has 1 aliphatic heterocycles. The molecule has 1 unspecified atom stereocenters. The molecule has 1 heterocycles. The maximum absolute atomic E-state index is 12.2. The van der Waals surface area contributed by atoms with Crippen molar-refractivity contribution >= 4 is 10.0 Å². The van der Waals surface area contributed by atoms with Gasteiger partial charge in [0, 0.05) is 18.7 Å². The second kappa shape index (κ2) is 7.57. The van der Waals surface area contributed by atoms with Crippen LogP contribution >= 0.6 is 0 Å². The highest BCUT2D eigenvalue weighted by Crippen LogP contribution is 2.14. The van der Waals surface area contributed by atoms with Gasteiger partial charge in [0.1, 0.15) is 6.61 Å². The number of ether oxygens (including phenoxy) is 1. The molecular weight excluding hydrogens is 290 g/mol. The van der Waals surface area contributed by atoms with Crippen LogP contribution in [0.2, 0.25) is 0 Å². The molecule has 1 saturated heterocycles. The van der Waals surface area contributed by atoms with Crippen LogP contribution in [0.15, 0.2) is 29.2 Å². The van der Waals surface area contributed by atoms with Crippen LogP contribution in [0.5, 0.6) is 0 Å². The van der Waals surface area contributed by atoms with Crippen LogP contribution in [0, 0.1) is 17.8 Å². The first-order valence-corrected chi connectivity index (χ1v) is 8.37. The maximum Gasteiger partial charge on any atom is 0.240 e. The molecule has 0 spiro atoms. The highest BCUT2D eigenvalue weighted by atomic mass is 32.2. The molecule has 1 fully saturated rings. The van der Waals surface area contributed by atoms with Crippen molar-refractivity contribution in [1.29, 1.82) is 0 Å².